The predicted octanol–water partition coefficient (Wildman–Crippen LogP) is 1.21. The van der Waals surface area contributed by atoms with Crippen LogP contribution in [0.2, 0.25) is 0 Å². The molecule has 1 rings (SSSR count). The monoisotopic (exact) mass is 272 g/mol. The highest BCUT2D eigenvalue weighted by Gasteiger charge is 2.37. The van der Waals surface area contributed by atoms with Gasteiger partial charge in [0.25, 0.3) is 0 Å². The van der Waals surface area contributed by atoms with Crippen LogP contribution in [0.5, 0.6) is 0 Å². The van der Waals surface area contributed by atoms with Crippen molar-refractivity contribution >= 4 is 12.0 Å². The van der Waals surface area contributed by atoms with Crippen LogP contribution in [-0.4, -0.2) is 42.9 Å². The van der Waals surface area contributed by atoms with Crippen LogP contribution in [0.1, 0.15) is 33.1 Å². The molecule has 3 N–H and O–H groups in total. The smallest absolute Gasteiger partial charge is 0.326 e. The number of carbonyl (C=O) groups is 2. The number of rotatable bonds is 9. The minimum atomic E-state index is -0.967. The molecular weight excluding hydrogens is 248 g/mol. The first kappa shape index (κ1) is 15.8. The molecule has 0 aromatic carbocycles. The Hall–Kier alpha value is -1.30. The number of carboxylic acids is 1. The number of carboxylic acid groups (broad SMARTS) is 1. The fourth-order valence-electron chi connectivity index (χ4n) is 1.66. The van der Waals surface area contributed by atoms with E-state index in [1.54, 1.807) is 0 Å². The third kappa shape index (κ3) is 7.00. The summed E-state index contributed by atoms with van der Waals surface area (Å²) in [6.07, 6.45) is 2.74. The van der Waals surface area contributed by atoms with Gasteiger partial charge in [0.1, 0.15) is 6.04 Å². The van der Waals surface area contributed by atoms with Crippen molar-refractivity contribution in [1.82, 2.24) is 10.6 Å². The molecular formula is C13H24N2O4. The summed E-state index contributed by atoms with van der Waals surface area (Å²) >= 11 is 0. The fourth-order valence-corrected chi connectivity index (χ4v) is 1.66. The van der Waals surface area contributed by atoms with Gasteiger partial charge in [-0.2, -0.15) is 0 Å². The van der Waals surface area contributed by atoms with Gasteiger partial charge in [0, 0.05) is 13.2 Å². The van der Waals surface area contributed by atoms with Crippen LogP contribution in [0.4, 0.5) is 4.79 Å². The van der Waals surface area contributed by atoms with Gasteiger partial charge in [0.2, 0.25) is 0 Å². The van der Waals surface area contributed by atoms with Crippen molar-refractivity contribution in [3.8, 4) is 0 Å². The van der Waals surface area contributed by atoms with Crippen molar-refractivity contribution in [3.63, 3.8) is 0 Å². The van der Waals surface area contributed by atoms with Gasteiger partial charge in [0.05, 0.1) is 6.61 Å². The van der Waals surface area contributed by atoms with E-state index < -0.39 is 18.0 Å². The zero-order valence-corrected chi connectivity index (χ0v) is 11.6. The molecule has 1 atom stereocenters. The van der Waals surface area contributed by atoms with E-state index >= 15 is 0 Å². The van der Waals surface area contributed by atoms with Gasteiger partial charge in [0.15, 0.2) is 0 Å². The van der Waals surface area contributed by atoms with E-state index in [1.165, 1.54) is 0 Å². The third-order valence-corrected chi connectivity index (χ3v) is 3.02. The van der Waals surface area contributed by atoms with E-state index in [2.05, 4.69) is 24.5 Å². The Kier molecular flexibility index (Phi) is 6.62. The Morgan fingerprint density at radius 2 is 2.00 bits per heavy atom. The topological polar surface area (TPSA) is 87.7 Å². The van der Waals surface area contributed by atoms with E-state index in [-0.39, 0.29) is 5.92 Å². The van der Waals surface area contributed by atoms with Crippen molar-refractivity contribution in [1.29, 1.82) is 0 Å². The number of aliphatic carboxylic acids is 1. The van der Waals surface area contributed by atoms with Crippen LogP contribution in [0.25, 0.3) is 0 Å². The molecule has 0 saturated heterocycles. The lowest BCUT2D eigenvalue weighted by atomic mass is 10.1. The third-order valence-electron chi connectivity index (χ3n) is 3.02. The molecule has 0 aromatic heterocycles. The summed E-state index contributed by atoms with van der Waals surface area (Å²) in [5.74, 6) is -0.275. The molecule has 1 unspecified atom stereocenters. The molecule has 6 heteroatoms. The van der Waals surface area contributed by atoms with E-state index in [4.69, 9.17) is 9.84 Å². The van der Waals surface area contributed by atoms with Gasteiger partial charge in [-0.15, -0.1) is 0 Å². The maximum atomic E-state index is 11.5. The molecule has 0 bridgehead atoms. The first-order chi connectivity index (χ1) is 9.00. The van der Waals surface area contributed by atoms with Gasteiger partial charge < -0.3 is 20.5 Å². The number of amides is 2. The Balaban J connectivity index is 2.05. The molecule has 6 nitrogen and oxygen atoms in total. The van der Waals surface area contributed by atoms with Crippen molar-refractivity contribution in [3.05, 3.63) is 0 Å². The first-order valence-electron chi connectivity index (χ1n) is 6.85. The molecule has 0 aliphatic heterocycles. The second-order valence-corrected chi connectivity index (χ2v) is 5.35. The summed E-state index contributed by atoms with van der Waals surface area (Å²) in [5.41, 5.74) is 0. The maximum absolute atomic E-state index is 11.5. The van der Waals surface area contributed by atoms with Crippen LogP contribution >= 0.6 is 0 Å². The highest BCUT2D eigenvalue weighted by atomic mass is 16.5. The Labute approximate surface area is 113 Å². The number of nitrogens with one attached hydrogen (secondary N) is 2. The van der Waals surface area contributed by atoms with Crippen LogP contribution in [0, 0.1) is 11.8 Å². The second kappa shape index (κ2) is 7.99. The molecule has 0 spiro atoms. The van der Waals surface area contributed by atoms with Gasteiger partial charge in [-0.05, 0) is 31.1 Å². The lowest BCUT2D eigenvalue weighted by Gasteiger charge is -2.14. The number of hydrogen-bond donors (Lipinski definition) is 3. The molecule has 1 aliphatic carbocycles. The molecule has 0 radical (unpaired) electrons. The number of carbonyl (C=O) groups excluding carboxylic acids is 1. The number of ether oxygens (including phenoxy) is 1. The highest BCUT2D eigenvalue weighted by molar-refractivity contribution is 5.83. The SMILES string of the molecule is CC(C)CCOCCNC(=O)NC(C(=O)O)C1CC1. The normalized spacial score (nSPS) is 16.2. The largest absolute Gasteiger partial charge is 0.480 e. The van der Waals surface area contributed by atoms with Crippen molar-refractivity contribution in [2.75, 3.05) is 19.8 Å². The van der Waals surface area contributed by atoms with Crippen molar-refractivity contribution in [2.24, 2.45) is 11.8 Å². The summed E-state index contributed by atoms with van der Waals surface area (Å²) in [6, 6.07) is -1.20. The first-order valence-corrected chi connectivity index (χ1v) is 6.85. The van der Waals surface area contributed by atoms with Gasteiger partial charge in [-0.3, -0.25) is 0 Å². The zero-order chi connectivity index (χ0) is 14.3. The van der Waals surface area contributed by atoms with Crippen LogP contribution < -0.4 is 10.6 Å². The second-order valence-electron chi connectivity index (χ2n) is 5.35. The number of hydrogen-bond acceptors (Lipinski definition) is 3. The fraction of sp³-hybridized carbons (Fsp3) is 0.846. The van der Waals surface area contributed by atoms with E-state index in [9.17, 15) is 9.59 Å². The highest BCUT2D eigenvalue weighted by Crippen LogP contribution is 2.32. The standard InChI is InChI=1S/C13H24N2O4/c1-9(2)5-7-19-8-6-14-13(18)15-11(12(16)17)10-3-4-10/h9-11H,3-8H2,1-2H3,(H,16,17)(H2,14,15,18). The lowest BCUT2D eigenvalue weighted by Crippen LogP contribution is -2.47. The van der Waals surface area contributed by atoms with Crippen LogP contribution in [0.15, 0.2) is 0 Å². The Bertz CT molecular complexity index is 303. The van der Waals surface area contributed by atoms with E-state index in [1.807, 2.05) is 0 Å². The van der Waals surface area contributed by atoms with E-state index in [0.717, 1.165) is 19.3 Å². The quantitative estimate of drug-likeness (QED) is 0.551. The minimum absolute atomic E-state index is 0.0885. The average Bonchev–Trinajstić information content (AvgIpc) is 3.13. The van der Waals surface area contributed by atoms with Crippen molar-refractivity contribution in [2.45, 2.75) is 39.2 Å². The molecule has 2 amide bonds. The van der Waals surface area contributed by atoms with E-state index in [0.29, 0.717) is 25.7 Å². The van der Waals surface area contributed by atoms with Gasteiger partial charge in [-0.1, -0.05) is 13.8 Å². The lowest BCUT2D eigenvalue weighted by molar-refractivity contribution is -0.139. The Morgan fingerprint density at radius 3 is 2.53 bits per heavy atom. The van der Waals surface area contributed by atoms with Crippen molar-refractivity contribution < 1.29 is 19.4 Å². The molecule has 1 fully saturated rings. The summed E-state index contributed by atoms with van der Waals surface area (Å²) in [6.45, 7) is 5.76. The van der Waals surface area contributed by atoms with Gasteiger partial charge >= 0.3 is 12.0 Å². The molecule has 0 aromatic rings. The minimum Gasteiger partial charge on any atom is -0.480 e. The summed E-state index contributed by atoms with van der Waals surface area (Å²) in [4.78, 5) is 22.4. The average molecular weight is 272 g/mol. The number of urea groups is 1. The van der Waals surface area contributed by atoms with Crippen LogP contribution in [-0.2, 0) is 9.53 Å². The Morgan fingerprint density at radius 1 is 1.32 bits per heavy atom. The maximum Gasteiger partial charge on any atom is 0.326 e. The zero-order valence-electron chi connectivity index (χ0n) is 11.6. The molecule has 110 valence electrons. The summed E-state index contributed by atoms with van der Waals surface area (Å²) < 4.78 is 5.35. The molecule has 19 heavy (non-hydrogen) atoms. The van der Waals surface area contributed by atoms with Crippen LogP contribution in [0.3, 0.4) is 0 Å². The molecule has 1 saturated carbocycles. The predicted molar refractivity (Wildman–Crippen MR) is 71.0 cm³/mol. The molecule has 0 heterocycles. The molecule has 1 aliphatic rings. The summed E-state index contributed by atoms with van der Waals surface area (Å²) in [7, 11) is 0. The van der Waals surface area contributed by atoms with Gasteiger partial charge in [-0.25, -0.2) is 9.59 Å². The summed E-state index contributed by atoms with van der Waals surface area (Å²) in [5, 5.41) is 14.0.